The van der Waals surface area contributed by atoms with Crippen molar-refractivity contribution >= 4 is 0 Å². The molecule has 0 fully saturated rings. The molecule has 0 bridgehead atoms. The molecule has 1 N–H and O–H groups in total. The van der Waals surface area contributed by atoms with Gasteiger partial charge in [-0.2, -0.15) is 0 Å². The lowest BCUT2D eigenvalue weighted by Crippen LogP contribution is -2.08. The Morgan fingerprint density at radius 3 is 2.00 bits per heavy atom. The highest BCUT2D eigenvalue weighted by atomic mass is 16.5. The first-order valence-electron chi connectivity index (χ1n) is 5.09. The molecule has 0 saturated heterocycles. The van der Waals surface area contributed by atoms with Crippen molar-refractivity contribution in [1.82, 2.24) is 0 Å². The molecule has 0 unspecified atom stereocenters. The van der Waals surface area contributed by atoms with Crippen molar-refractivity contribution in [2.24, 2.45) is 0 Å². The fourth-order valence-corrected chi connectivity index (χ4v) is 1.48. The van der Waals surface area contributed by atoms with E-state index >= 15 is 0 Å². The van der Waals surface area contributed by atoms with Crippen LogP contribution in [0.3, 0.4) is 0 Å². The normalized spacial score (nSPS) is 12.2. The predicted octanol–water partition coefficient (Wildman–Crippen LogP) is 1.99. The standard InChI is InChI=1S/C12H18O4/c1-8(14-2)5-9-6-10(15-3)12(13)11(7-9)16-4/h6-8,13H,5H2,1-4H3/t8-/m1/s1. The molecule has 1 aromatic carbocycles. The Hall–Kier alpha value is -1.42. The molecule has 1 aromatic rings. The van der Waals surface area contributed by atoms with Crippen LogP contribution in [0.2, 0.25) is 0 Å². The van der Waals surface area contributed by atoms with Crippen LogP contribution < -0.4 is 9.47 Å². The Bertz CT molecular complexity index is 324. The fourth-order valence-electron chi connectivity index (χ4n) is 1.48. The summed E-state index contributed by atoms with van der Waals surface area (Å²) >= 11 is 0. The number of aromatic hydroxyl groups is 1. The first-order valence-corrected chi connectivity index (χ1v) is 5.09. The summed E-state index contributed by atoms with van der Waals surface area (Å²) in [5.41, 5.74) is 1.00. The molecule has 90 valence electrons. The van der Waals surface area contributed by atoms with Crippen molar-refractivity contribution in [2.75, 3.05) is 21.3 Å². The molecular formula is C12H18O4. The SMILES string of the molecule is COc1cc(C[C@@H](C)OC)cc(OC)c1O. The smallest absolute Gasteiger partial charge is 0.200 e. The lowest BCUT2D eigenvalue weighted by Gasteiger charge is -2.13. The third-order valence-electron chi connectivity index (χ3n) is 2.47. The number of hydrogen-bond donors (Lipinski definition) is 1. The summed E-state index contributed by atoms with van der Waals surface area (Å²) < 4.78 is 15.3. The number of benzene rings is 1. The molecule has 0 aliphatic carbocycles. The van der Waals surface area contributed by atoms with Crippen molar-refractivity contribution in [3.63, 3.8) is 0 Å². The van der Waals surface area contributed by atoms with E-state index in [-0.39, 0.29) is 11.9 Å². The van der Waals surface area contributed by atoms with Crippen molar-refractivity contribution in [3.05, 3.63) is 17.7 Å². The molecule has 0 radical (unpaired) electrons. The van der Waals surface area contributed by atoms with Gasteiger partial charge in [-0.15, -0.1) is 0 Å². The highest BCUT2D eigenvalue weighted by molar-refractivity contribution is 5.52. The molecule has 1 atom stereocenters. The van der Waals surface area contributed by atoms with Gasteiger partial charge in [-0.05, 0) is 31.0 Å². The topological polar surface area (TPSA) is 47.9 Å². The molecule has 1 rings (SSSR count). The van der Waals surface area contributed by atoms with Gasteiger partial charge < -0.3 is 19.3 Å². The molecule has 0 aromatic heterocycles. The van der Waals surface area contributed by atoms with E-state index in [0.717, 1.165) is 12.0 Å². The van der Waals surface area contributed by atoms with Gasteiger partial charge >= 0.3 is 0 Å². The fraction of sp³-hybridized carbons (Fsp3) is 0.500. The van der Waals surface area contributed by atoms with Gasteiger partial charge in [-0.25, -0.2) is 0 Å². The number of phenols is 1. The number of hydrogen-bond acceptors (Lipinski definition) is 4. The van der Waals surface area contributed by atoms with Crippen LogP contribution >= 0.6 is 0 Å². The van der Waals surface area contributed by atoms with Gasteiger partial charge in [-0.1, -0.05) is 0 Å². The van der Waals surface area contributed by atoms with Gasteiger partial charge in [0.15, 0.2) is 11.5 Å². The summed E-state index contributed by atoms with van der Waals surface area (Å²) in [5.74, 6) is 0.856. The number of ether oxygens (including phenoxy) is 3. The third kappa shape index (κ3) is 2.79. The lowest BCUT2D eigenvalue weighted by molar-refractivity contribution is 0.118. The zero-order valence-corrected chi connectivity index (χ0v) is 10.1. The number of methoxy groups -OCH3 is 3. The lowest BCUT2D eigenvalue weighted by atomic mass is 10.1. The van der Waals surface area contributed by atoms with Crippen LogP contribution in [0.15, 0.2) is 12.1 Å². The minimum absolute atomic E-state index is 0.0267. The molecule has 0 saturated carbocycles. The second-order valence-corrected chi connectivity index (χ2v) is 3.60. The van der Waals surface area contributed by atoms with E-state index in [1.165, 1.54) is 14.2 Å². The van der Waals surface area contributed by atoms with Crippen LogP contribution in [0.5, 0.6) is 17.2 Å². The van der Waals surface area contributed by atoms with E-state index in [2.05, 4.69) is 0 Å². The van der Waals surface area contributed by atoms with E-state index in [9.17, 15) is 5.11 Å². The zero-order valence-electron chi connectivity index (χ0n) is 10.1. The summed E-state index contributed by atoms with van der Waals surface area (Å²) in [6.45, 7) is 1.98. The Labute approximate surface area is 95.8 Å². The Morgan fingerprint density at radius 2 is 1.62 bits per heavy atom. The van der Waals surface area contributed by atoms with Crippen LogP contribution in [0.25, 0.3) is 0 Å². The minimum Gasteiger partial charge on any atom is -0.502 e. The maximum atomic E-state index is 9.72. The quantitative estimate of drug-likeness (QED) is 0.834. The summed E-state index contributed by atoms with van der Waals surface area (Å²) in [4.78, 5) is 0. The Balaban J connectivity index is 3.02. The first kappa shape index (κ1) is 12.6. The van der Waals surface area contributed by atoms with E-state index in [0.29, 0.717) is 11.5 Å². The van der Waals surface area contributed by atoms with Gasteiger partial charge in [-0.3, -0.25) is 0 Å². The Kier molecular flexibility index (Phi) is 4.43. The molecule has 0 aliphatic rings. The minimum atomic E-state index is 0.0267. The third-order valence-corrected chi connectivity index (χ3v) is 2.47. The Morgan fingerprint density at radius 1 is 1.12 bits per heavy atom. The zero-order chi connectivity index (χ0) is 12.1. The van der Waals surface area contributed by atoms with Gasteiger partial charge in [0, 0.05) is 7.11 Å². The second kappa shape index (κ2) is 5.61. The highest BCUT2D eigenvalue weighted by Crippen LogP contribution is 2.37. The molecule has 4 heteroatoms. The van der Waals surface area contributed by atoms with Crippen molar-refractivity contribution in [2.45, 2.75) is 19.4 Å². The first-order chi connectivity index (χ1) is 7.62. The maximum absolute atomic E-state index is 9.72. The largest absolute Gasteiger partial charge is 0.502 e. The van der Waals surface area contributed by atoms with E-state index < -0.39 is 0 Å². The van der Waals surface area contributed by atoms with Crippen LogP contribution in [0, 0.1) is 0 Å². The number of rotatable bonds is 5. The van der Waals surface area contributed by atoms with Gasteiger partial charge in [0.05, 0.1) is 20.3 Å². The summed E-state index contributed by atoms with van der Waals surface area (Å²) in [6.07, 6.45) is 0.850. The monoisotopic (exact) mass is 226 g/mol. The van der Waals surface area contributed by atoms with E-state index in [4.69, 9.17) is 14.2 Å². The molecule has 16 heavy (non-hydrogen) atoms. The van der Waals surface area contributed by atoms with Crippen LogP contribution in [-0.4, -0.2) is 32.5 Å². The molecule has 0 aliphatic heterocycles. The maximum Gasteiger partial charge on any atom is 0.200 e. The van der Waals surface area contributed by atoms with Crippen molar-refractivity contribution < 1.29 is 19.3 Å². The molecule has 0 heterocycles. The van der Waals surface area contributed by atoms with E-state index in [1.54, 1.807) is 19.2 Å². The number of phenolic OH excluding ortho intramolecular Hbond substituents is 1. The average molecular weight is 226 g/mol. The van der Waals surface area contributed by atoms with Gasteiger partial charge in [0.1, 0.15) is 0 Å². The van der Waals surface area contributed by atoms with Crippen LogP contribution in [0.1, 0.15) is 12.5 Å². The highest BCUT2D eigenvalue weighted by Gasteiger charge is 2.12. The predicted molar refractivity (Wildman–Crippen MR) is 61.4 cm³/mol. The van der Waals surface area contributed by atoms with Crippen molar-refractivity contribution in [3.8, 4) is 17.2 Å². The van der Waals surface area contributed by atoms with Crippen LogP contribution in [0.4, 0.5) is 0 Å². The van der Waals surface area contributed by atoms with Gasteiger partial charge in [0.25, 0.3) is 0 Å². The molecular weight excluding hydrogens is 208 g/mol. The second-order valence-electron chi connectivity index (χ2n) is 3.60. The molecule has 4 nitrogen and oxygen atoms in total. The summed E-state index contributed by atoms with van der Waals surface area (Å²) in [6, 6.07) is 3.57. The van der Waals surface area contributed by atoms with Gasteiger partial charge in [0.2, 0.25) is 5.75 Å². The summed E-state index contributed by atoms with van der Waals surface area (Å²) in [5, 5.41) is 9.72. The van der Waals surface area contributed by atoms with E-state index in [1.807, 2.05) is 6.92 Å². The summed E-state index contributed by atoms with van der Waals surface area (Å²) in [7, 11) is 4.69. The average Bonchev–Trinajstić information content (AvgIpc) is 2.30. The molecule has 0 spiro atoms. The molecule has 0 amide bonds. The van der Waals surface area contributed by atoms with Crippen LogP contribution in [-0.2, 0) is 11.2 Å². The van der Waals surface area contributed by atoms with Crippen molar-refractivity contribution in [1.29, 1.82) is 0 Å².